The van der Waals surface area contributed by atoms with Crippen molar-refractivity contribution in [3.8, 4) is 11.5 Å². The molecule has 0 radical (unpaired) electrons. The largest absolute Gasteiger partial charge is 0.489 e. The van der Waals surface area contributed by atoms with Crippen LogP contribution in [0.2, 0.25) is 5.02 Å². The number of fused-ring (bicyclic) bond motifs is 2. The molecule has 0 saturated carbocycles. The van der Waals surface area contributed by atoms with Crippen LogP contribution in [0, 0.1) is 0 Å². The maximum Gasteiger partial charge on any atom is 0.227 e. The maximum atomic E-state index is 13.1. The van der Waals surface area contributed by atoms with E-state index in [9.17, 15) is 4.79 Å². The van der Waals surface area contributed by atoms with Gasteiger partial charge in [0.1, 0.15) is 5.82 Å². The molecule has 2 aliphatic rings. The van der Waals surface area contributed by atoms with Gasteiger partial charge in [-0.25, -0.2) is 4.98 Å². The van der Waals surface area contributed by atoms with Gasteiger partial charge in [-0.2, -0.15) is 0 Å². The van der Waals surface area contributed by atoms with E-state index in [0.717, 1.165) is 48.2 Å². The number of likely N-dealkylation sites (tertiary alicyclic amines) is 1. The average molecular weight is 412 g/mol. The van der Waals surface area contributed by atoms with Gasteiger partial charge in [-0.1, -0.05) is 23.7 Å². The van der Waals surface area contributed by atoms with Crippen LogP contribution in [0.25, 0.3) is 11.0 Å². The minimum atomic E-state index is -0.0224. The maximum absolute atomic E-state index is 13.1. The molecule has 1 saturated heterocycles. The molecule has 7 heteroatoms. The average Bonchev–Trinajstić information content (AvgIpc) is 3.29. The molecule has 1 aromatic heterocycles. The monoisotopic (exact) mass is 411 g/mol. The Morgan fingerprint density at radius 1 is 1.21 bits per heavy atom. The molecule has 0 bridgehead atoms. The molecule has 0 aliphatic carbocycles. The number of aromatic amines is 1. The summed E-state index contributed by atoms with van der Waals surface area (Å²) < 4.78 is 11.4. The number of hydrogen-bond acceptors (Lipinski definition) is 4. The molecule has 1 N–H and O–H groups in total. The standard InChI is InChI=1S/C22H22ClN3O3/c23-15-11-14(12-19-21(15)29-10-4-9-28-19)13-20(27)26-8-3-7-18(26)22-24-16-5-1-2-6-17(16)25-22/h1-2,5-6,11-12,18H,3-4,7-10,13H2,(H,24,25). The molecule has 1 fully saturated rings. The molecule has 0 spiro atoms. The lowest BCUT2D eigenvalue weighted by Crippen LogP contribution is -2.32. The Kier molecular flexibility index (Phi) is 4.79. The van der Waals surface area contributed by atoms with Gasteiger partial charge in [0.25, 0.3) is 0 Å². The summed E-state index contributed by atoms with van der Waals surface area (Å²) in [7, 11) is 0. The molecule has 1 atom stereocenters. The molecule has 1 amide bonds. The lowest BCUT2D eigenvalue weighted by atomic mass is 10.1. The molecule has 1 unspecified atom stereocenters. The van der Waals surface area contributed by atoms with Crippen molar-refractivity contribution in [1.29, 1.82) is 0 Å². The van der Waals surface area contributed by atoms with E-state index in [0.29, 0.717) is 29.7 Å². The molecule has 150 valence electrons. The van der Waals surface area contributed by atoms with E-state index in [4.69, 9.17) is 26.1 Å². The third-order valence-corrected chi connectivity index (χ3v) is 5.79. The summed E-state index contributed by atoms with van der Waals surface area (Å²) >= 11 is 6.39. The van der Waals surface area contributed by atoms with Gasteiger partial charge in [0.05, 0.1) is 41.7 Å². The molecule has 2 aliphatic heterocycles. The first-order valence-electron chi connectivity index (χ1n) is 10.0. The molecule has 3 heterocycles. The molecular formula is C22H22ClN3O3. The number of imidazole rings is 1. The van der Waals surface area contributed by atoms with Gasteiger partial charge in [0.2, 0.25) is 5.91 Å². The highest BCUT2D eigenvalue weighted by Gasteiger charge is 2.32. The van der Waals surface area contributed by atoms with E-state index in [2.05, 4.69) is 4.98 Å². The number of carbonyl (C=O) groups excluding carboxylic acids is 1. The van der Waals surface area contributed by atoms with Crippen LogP contribution in [0.15, 0.2) is 36.4 Å². The summed E-state index contributed by atoms with van der Waals surface area (Å²) in [6, 6.07) is 11.6. The van der Waals surface area contributed by atoms with E-state index in [1.54, 1.807) is 6.07 Å². The number of halogens is 1. The minimum Gasteiger partial charge on any atom is -0.489 e. The van der Waals surface area contributed by atoms with Gasteiger partial charge in [-0.05, 0) is 42.7 Å². The molecule has 2 aromatic carbocycles. The van der Waals surface area contributed by atoms with Crippen molar-refractivity contribution in [2.45, 2.75) is 31.7 Å². The van der Waals surface area contributed by atoms with Gasteiger partial charge in [0.15, 0.2) is 11.5 Å². The fourth-order valence-electron chi connectivity index (χ4n) is 4.14. The summed E-state index contributed by atoms with van der Waals surface area (Å²) in [5.74, 6) is 2.11. The van der Waals surface area contributed by atoms with Crippen molar-refractivity contribution < 1.29 is 14.3 Å². The van der Waals surface area contributed by atoms with Crippen LogP contribution in [-0.2, 0) is 11.2 Å². The number of H-pyrrole nitrogens is 1. The summed E-state index contributed by atoms with van der Waals surface area (Å²) in [4.78, 5) is 23.1. The Bertz CT molecular complexity index is 1030. The van der Waals surface area contributed by atoms with E-state index in [1.807, 2.05) is 35.2 Å². The van der Waals surface area contributed by atoms with Crippen molar-refractivity contribution in [2.24, 2.45) is 0 Å². The highest BCUT2D eigenvalue weighted by molar-refractivity contribution is 6.32. The van der Waals surface area contributed by atoms with Gasteiger partial charge in [-0.15, -0.1) is 0 Å². The first kappa shape index (κ1) is 18.3. The number of aromatic nitrogens is 2. The van der Waals surface area contributed by atoms with Gasteiger partial charge >= 0.3 is 0 Å². The Hall–Kier alpha value is -2.73. The van der Waals surface area contributed by atoms with Crippen LogP contribution in [0.3, 0.4) is 0 Å². The van der Waals surface area contributed by atoms with Crippen molar-refractivity contribution in [3.63, 3.8) is 0 Å². The summed E-state index contributed by atoms with van der Waals surface area (Å²) in [6.07, 6.45) is 2.96. The lowest BCUT2D eigenvalue weighted by molar-refractivity contribution is -0.131. The number of para-hydroxylation sites is 2. The van der Waals surface area contributed by atoms with Gasteiger partial charge in [-0.3, -0.25) is 4.79 Å². The van der Waals surface area contributed by atoms with Gasteiger partial charge in [0, 0.05) is 13.0 Å². The van der Waals surface area contributed by atoms with E-state index in [1.165, 1.54) is 0 Å². The third-order valence-electron chi connectivity index (χ3n) is 5.51. The molecule has 5 rings (SSSR count). The number of rotatable bonds is 3. The van der Waals surface area contributed by atoms with E-state index < -0.39 is 0 Å². The zero-order chi connectivity index (χ0) is 19.8. The fourth-order valence-corrected chi connectivity index (χ4v) is 4.43. The van der Waals surface area contributed by atoms with E-state index in [-0.39, 0.29) is 18.4 Å². The number of hydrogen-bond donors (Lipinski definition) is 1. The van der Waals surface area contributed by atoms with Crippen LogP contribution in [-0.4, -0.2) is 40.5 Å². The summed E-state index contributed by atoms with van der Waals surface area (Å²) in [5.41, 5.74) is 2.76. The quantitative estimate of drug-likeness (QED) is 0.698. The predicted octanol–water partition coefficient (Wildman–Crippen LogP) is 4.28. The highest BCUT2D eigenvalue weighted by Crippen LogP contribution is 2.39. The Balaban J connectivity index is 1.37. The normalized spacial score (nSPS) is 18.8. The second kappa shape index (κ2) is 7.59. The fraction of sp³-hybridized carbons (Fsp3) is 0.364. The number of nitrogens with zero attached hydrogens (tertiary/aromatic N) is 2. The van der Waals surface area contributed by atoms with Crippen LogP contribution in [0.4, 0.5) is 0 Å². The minimum absolute atomic E-state index is 0.0224. The van der Waals surface area contributed by atoms with Crippen molar-refractivity contribution in [3.05, 3.63) is 52.8 Å². The zero-order valence-corrected chi connectivity index (χ0v) is 16.7. The number of carbonyl (C=O) groups is 1. The molecule has 6 nitrogen and oxygen atoms in total. The predicted molar refractivity (Wildman–Crippen MR) is 111 cm³/mol. The summed E-state index contributed by atoms with van der Waals surface area (Å²) in [5, 5.41) is 0.488. The molecular weight excluding hydrogens is 390 g/mol. The summed E-state index contributed by atoms with van der Waals surface area (Å²) in [6.45, 7) is 1.90. The number of benzene rings is 2. The van der Waals surface area contributed by atoms with Crippen LogP contribution < -0.4 is 9.47 Å². The highest BCUT2D eigenvalue weighted by atomic mass is 35.5. The lowest BCUT2D eigenvalue weighted by Gasteiger charge is -2.23. The third kappa shape index (κ3) is 3.53. The second-order valence-electron chi connectivity index (χ2n) is 7.52. The Morgan fingerprint density at radius 3 is 2.97 bits per heavy atom. The Labute approximate surface area is 173 Å². The number of nitrogens with one attached hydrogen (secondary N) is 1. The van der Waals surface area contributed by atoms with Crippen molar-refractivity contribution >= 4 is 28.5 Å². The smallest absolute Gasteiger partial charge is 0.227 e. The van der Waals surface area contributed by atoms with Crippen molar-refractivity contribution in [1.82, 2.24) is 14.9 Å². The SMILES string of the molecule is O=C(Cc1cc(Cl)c2c(c1)OCCCO2)N1CCCC1c1nc2ccccc2[nH]1. The van der Waals surface area contributed by atoms with Gasteiger partial charge < -0.3 is 19.4 Å². The molecule has 29 heavy (non-hydrogen) atoms. The second-order valence-corrected chi connectivity index (χ2v) is 7.92. The van der Waals surface area contributed by atoms with Crippen LogP contribution in [0.1, 0.15) is 36.7 Å². The Morgan fingerprint density at radius 2 is 2.07 bits per heavy atom. The first-order chi connectivity index (χ1) is 14.2. The zero-order valence-electron chi connectivity index (χ0n) is 16.0. The van der Waals surface area contributed by atoms with Crippen molar-refractivity contribution in [2.75, 3.05) is 19.8 Å². The first-order valence-corrected chi connectivity index (χ1v) is 10.4. The van der Waals surface area contributed by atoms with Crippen LogP contribution >= 0.6 is 11.6 Å². The number of amides is 1. The van der Waals surface area contributed by atoms with E-state index >= 15 is 0 Å². The van der Waals surface area contributed by atoms with Crippen LogP contribution in [0.5, 0.6) is 11.5 Å². The molecule has 3 aromatic rings. The topological polar surface area (TPSA) is 67.5 Å². The number of ether oxygens (including phenoxy) is 2.